The maximum atomic E-state index is 6.52. The molecule has 1 aliphatic carbocycles. The van der Waals surface area contributed by atoms with Gasteiger partial charge in [-0.15, -0.1) is 0 Å². The minimum Gasteiger partial charge on any atom is -0.489 e. The summed E-state index contributed by atoms with van der Waals surface area (Å²) >= 11 is 19.3. The second-order valence-corrected chi connectivity index (χ2v) is 9.20. The van der Waals surface area contributed by atoms with Crippen molar-refractivity contribution in [3.8, 4) is 28.7 Å². The highest BCUT2D eigenvalue weighted by Gasteiger charge is 2.21. The minimum atomic E-state index is 0.0993. The SMILES string of the molecule is C=C1CCC(Oc2cc(Cl)c(-c3noc(-c4cn5cc(C)cc(Cl)c5n4)n3)cc2Cl)CC1. The lowest BCUT2D eigenvalue weighted by Gasteiger charge is -2.25. The molecule has 9 heteroatoms. The number of imidazole rings is 1. The summed E-state index contributed by atoms with van der Waals surface area (Å²) in [5.41, 5.74) is 3.95. The summed E-state index contributed by atoms with van der Waals surface area (Å²) in [6.45, 7) is 6.00. The van der Waals surface area contributed by atoms with Gasteiger partial charge in [0.05, 0.1) is 21.2 Å². The van der Waals surface area contributed by atoms with Crippen LogP contribution in [-0.4, -0.2) is 25.6 Å². The summed E-state index contributed by atoms with van der Waals surface area (Å²) in [4.78, 5) is 8.97. The number of aryl methyl sites for hydroxylation is 1. The molecule has 0 radical (unpaired) electrons. The number of rotatable bonds is 4. The van der Waals surface area contributed by atoms with E-state index in [1.165, 1.54) is 5.57 Å². The van der Waals surface area contributed by atoms with Gasteiger partial charge in [0.15, 0.2) is 5.65 Å². The molecule has 0 spiro atoms. The molecule has 1 aromatic carbocycles. The van der Waals surface area contributed by atoms with Crippen LogP contribution in [0.25, 0.3) is 28.6 Å². The smallest absolute Gasteiger partial charge is 0.278 e. The number of ether oxygens (including phenoxy) is 1. The second-order valence-electron chi connectivity index (χ2n) is 7.98. The molecule has 0 N–H and O–H groups in total. The first-order chi connectivity index (χ1) is 15.4. The quantitative estimate of drug-likeness (QED) is 0.284. The Morgan fingerprint density at radius 3 is 2.59 bits per heavy atom. The fourth-order valence-electron chi connectivity index (χ4n) is 3.82. The average Bonchev–Trinajstić information content (AvgIpc) is 3.39. The third kappa shape index (κ3) is 4.10. The van der Waals surface area contributed by atoms with Crippen molar-refractivity contribution in [1.29, 1.82) is 0 Å². The molecule has 32 heavy (non-hydrogen) atoms. The lowest BCUT2D eigenvalue weighted by Crippen LogP contribution is -2.20. The lowest BCUT2D eigenvalue weighted by atomic mass is 9.94. The zero-order valence-electron chi connectivity index (χ0n) is 17.2. The third-order valence-electron chi connectivity index (χ3n) is 5.48. The van der Waals surface area contributed by atoms with Gasteiger partial charge in [-0.05, 0) is 50.3 Å². The highest BCUT2D eigenvalue weighted by Crippen LogP contribution is 2.38. The highest BCUT2D eigenvalue weighted by atomic mass is 35.5. The van der Waals surface area contributed by atoms with Gasteiger partial charge in [-0.3, -0.25) is 0 Å². The molecule has 0 amide bonds. The van der Waals surface area contributed by atoms with Gasteiger partial charge in [-0.1, -0.05) is 52.1 Å². The molecule has 1 fully saturated rings. The summed E-state index contributed by atoms with van der Waals surface area (Å²) in [5.74, 6) is 1.12. The van der Waals surface area contributed by atoms with E-state index in [-0.39, 0.29) is 12.0 Å². The lowest BCUT2D eigenvalue weighted by molar-refractivity contribution is 0.169. The molecule has 6 nitrogen and oxygen atoms in total. The number of halogens is 3. The van der Waals surface area contributed by atoms with E-state index in [0.29, 0.717) is 43.5 Å². The summed E-state index contributed by atoms with van der Waals surface area (Å²) in [6, 6.07) is 5.24. The monoisotopic (exact) mass is 488 g/mol. The number of benzene rings is 1. The second kappa shape index (κ2) is 8.43. The number of pyridine rings is 1. The van der Waals surface area contributed by atoms with Crippen LogP contribution < -0.4 is 4.74 Å². The number of nitrogens with zero attached hydrogens (tertiary/aromatic N) is 4. The molecule has 4 aromatic rings. The van der Waals surface area contributed by atoms with Crippen molar-refractivity contribution in [3.05, 3.63) is 63.4 Å². The largest absolute Gasteiger partial charge is 0.489 e. The van der Waals surface area contributed by atoms with Crippen LogP contribution in [0, 0.1) is 6.92 Å². The molecular weight excluding hydrogens is 471 g/mol. The summed E-state index contributed by atoms with van der Waals surface area (Å²) in [7, 11) is 0. The molecule has 0 atom stereocenters. The van der Waals surface area contributed by atoms with E-state index >= 15 is 0 Å². The Hall–Kier alpha value is -2.54. The molecule has 1 saturated carbocycles. The van der Waals surface area contributed by atoms with E-state index in [9.17, 15) is 0 Å². The van der Waals surface area contributed by atoms with Crippen LogP contribution >= 0.6 is 34.8 Å². The molecule has 1 aliphatic rings. The Morgan fingerprint density at radius 1 is 1.03 bits per heavy atom. The van der Waals surface area contributed by atoms with E-state index in [2.05, 4.69) is 21.7 Å². The first kappa shape index (κ1) is 21.3. The third-order valence-corrected chi connectivity index (χ3v) is 6.37. The molecule has 3 aromatic heterocycles. The zero-order valence-corrected chi connectivity index (χ0v) is 19.5. The van der Waals surface area contributed by atoms with Crippen molar-refractivity contribution < 1.29 is 9.26 Å². The molecule has 0 saturated heterocycles. The standard InChI is InChI=1S/C23H19Cl3N4O2/c1-12-3-5-14(6-4-12)31-20-9-16(24)15(8-17(20)25)21-28-23(32-29-21)19-11-30-10-13(2)7-18(26)22(30)27-19/h7-11,14H,1,3-6H2,2H3. The molecular formula is C23H19Cl3N4O2. The summed E-state index contributed by atoms with van der Waals surface area (Å²) < 4.78 is 13.4. The Balaban J connectivity index is 1.42. The Kier molecular flexibility index (Phi) is 5.61. The average molecular weight is 490 g/mol. The Bertz CT molecular complexity index is 1330. The van der Waals surface area contributed by atoms with Crippen LogP contribution in [0.15, 0.2) is 47.3 Å². The number of hydrogen-bond acceptors (Lipinski definition) is 5. The van der Waals surface area contributed by atoms with E-state index in [1.807, 2.05) is 23.6 Å². The van der Waals surface area contributed by atoms with Crippen LogP contribution in [0.5, 0.6) is 5.75 Å². The van der Waals surface area contributed by atoms with Crippen molar-refractivity contribution in [3.63, 3.8) is 0 Å². The van der Waals surface area contributed by atoms with E-state index < -0.39 is 0 Å². The zero-order chi connectivity index (χ0) is 22.4. The molecule has 3 heterocycles. The Labute approximate surface area is 199 Å². The van der Waals surface area contributed by atoms with Crippen LogP contribution in [-0.2, 0) is 0 Å². The number of fused-ring (bicyclic) bond motifs is 1. The molecule has 0 bridgehead atoms. The normalized spacial score (nSPS) is 14.9. The summed E-state index contributed by atoms with van der Waals surface area (Å²) in [5, 5.41) is 5.47. The Morgan fingerprint density at radius 2 is 1.81 bits per heavy atom. The van der Waals surface area contributed by atoms with Gasteiger partial charge in [-0.25, -0.2) is 4.98 Å². The van der Waals surface area contributed by atoms with E-state index in [0.717, 1.165) is 31.2 Å². The fourth-order valence-corrected chi connectivity index (χ4v) is 4.58. The van der Waals surface area contributed by atoms with E-state index in [1.54, 1.807) is 18.3 Å². The van der Waals surface area contributed by atoms with Crippen molar-refractivity contribution in [2.45, 2.75) is 38.7 Å². The predicted octanol–water partition coefficient (Wildman–Crippen LogP) is 7.20. The van der Waals surface area contributed by atoms with Gasteiger partial charge in [0.2, 0.25) is 5.82 Å². The summed E-state index contributed by atoms with van der Waals surface area (Å²) in [6.07, 6.45) is 7.59. The van der Waals surface area contributed by atoms with Crippen molar-refractivity contribution >= 4 is 40.4 Å². The van der Waals surface area contributed by atoms with Crippen molar-refractivity contribution in [1.82, 2.24) is 19.5 Å². The molecule has 164 valence electrons. The van der Waals surface area contributed by atoms with Crippen LogP contribution in [0.4, 0.5) is 0 Å². The van der Waals surface area contributed by atoms with Crippen LogP contribution in [0.3, 0.4) is 0 Å². The first-order valence-corrected chi connectivity index (χ1v) is 11.3. The number of allylic oxidation sites excluding steroid dienone is 1. The predicted molar refractivity (Wildman–Crippen MR) is 126 cm³/mol. The fraction of sp³-hybridized carbons (Fsp3) is 0.261. The van der Waals surface area contributed by atoms with Crippen LogP contribution in [0.1, 0.15) is 31.2 Å². The van der Waals surface area contributed by atoms with Gasteiger partial charge in [0.1, 0.15) is 11.4 Å². The maximum Gasteiger partial charge on any atom is 0.278 e. The maximum absolute atomic E-state index is 6.52. The minimum absolute atomic E-state index is 0.0993. The molecule has 0 unspecified atom stereocenters. The molecule has 5 rings (SSSR count). The number of aromatic nitrogens is 4. The van der Waals surface area contributed by atoms with Crippen molar-refractivity contribution in [2.24, 2.45) is 0 Å². The van der Waals surface area contributed by atoms with Crippen molar-refractivity contribution in [2.75, 3.05) is 0 Å². The van der Waals surface area contributed by atoms with Gasteiger partial charge in [0.25, 0.3) is 5.89 Å². The van der Waals surface area contributed by atoms with Gasteiger partial charge in [0, 0.05) is 24.0 Å². The van der Waals surface area contributed by atoms with Crippen LogP contribution in [0.2, 0.25) is 15.1 Å². The first-order valence-electron chi connectivity index (χ1n) is 10.2. The van der Waals surface area contributed by atoms with Gasteiger partial charge in [-0.2, -0.15) is 4.98 Å². The van der Waals surface area contributed by atoms with Gasteiger partial charge < -0.3 is 13.7 Å². The topological polar surface area (TPSA) is 65.5 Å². The highest BCUT2D eigenvalue weighted by molar-refractivity contribution is 6.36. The van der Waals surface area contributed by atoms with Gasteiger partial charge >= 0.3 is 0 Å². The van der Waals surface area contributed by atoms with E-state index in [4.69, 9.17) is 44.1 Å². The number of hydrogen-bond donors (Lipinski definition) is 0. The molecule has 0 aliphatic heterocycles.